The summed E-state index contributed by atoms with van der Waals surface area (Å²) in [5.41, 5.74) is 2.40. The van der Waals surface area contributed by atoms with Crippen molar-refractivity contribution in [3.8, 4) is 5.75 Å². The van der Waals surface area contributed by atoms with Gasteiger partial charge in [-0.25, -0.2) is 4.98 Å². The minimum atomic E-state index is 0. The van der Waals surface area contributed by atoms with Gasteiger partial charge >= 0.3 is 0 Å². The van der Waals surface area contributed by atoms with Gasteiger partial charge in [0.05, 0.1) is 26.4 Å². The summed E-state index contributed by atoms with van der Waals surface area (Å²) in [7, 11) is 7.47. The number of halogens is 1. The summed E-state index contributed by atoms with van der Waals surface area (Å²) in [5.74, 6) is 2.58. The first-order valence-corrected chi connectivity index (χ1v) is 10.6. The molecule has 2 heterocycles. The van der Waals surface area contributed by atoms with Gasteiger partial charge in [0.2, 0.25) is 0 Å². The topological polar surface area (TPSA) is 74.2 Å². The van der Waals surface area contributed by atoms with E-state index in [1.54, 1.807) is 14.2 Å². The minimum absolute atomic E-state index is 0. The van der Waals surface area contributed by atoms with Crippen molar-refractivity contribution in [2.45, 2.75) is 12.6 Å². The molecule has 1 aliphatic heterocycles. The highest BCUT2D eigenvalue weighted by molar-refractivity contribution is 14.0. The van der Waals surface area contributed by atoms with Crippen molar-refractivity contribution in [2.75, 3.05) is 66.0 Å². The SMILES string of the molecule is CN=C(NCc1ccnc(N(C)C)c1)NCC(c1ccc(OC)cc1)N1CCOCC1.I. The highest BCUT2D eigenvalue weighted by atomic mass is 127. The molecule has 1 atom stereocenters. The van der Waals surface area contributed by atoms with Crippen LogP contribution < -0.4 is 20.3 Å². The van der Waals surface area contributed by atoms with E-state index in [9.17, 15) is 0 Å². The molecule has 1 unspecified atom stereocenters. The maximum absolute atomic E-state index is 5.56. The number of pyridine rings is 1. The fraction of sp³-hybridized carbons (Fsp3) is 0.478. The fourth-order valence-corrected chi connectivity index (χ4v) is 3.59. The lowest BCUT2D eigenvalue weighted by atomic mass is 10.0. The third-order valence-corrected chi connectivity index (χ3v) is 5.40. The van der Waals surface area contributed by atoms with Crippen molar-refractivity contribution in [3.63, 3.8) is 0 Å². The lowest BCUT2D eigenvalue weighted by molar-refractivity contribution is 0.0170. The predicted octanol–water partition coefficient (Wildman–Crippen LogP) is 2.51. The normalized spacial score (nSPS) is 15.4. The van der Waals surface area contributed by atoms with Gasteiger partial charge in [0.1, 0.15) is 11.6 Å². The molecule has 0 aliphatic carbocycles. The number of anilines is 1. The first-order chi connectivity index (χ1) is 15.1. The van der Waals surface area contributed by atoms with Crippen LogP contribution in [0.1, 0.15) is 17.2 Å². The Balaban J connectivity index is 0.00000363. The van der Waals surface area contributed by atoms with Gasteiger partial charge in [-0.2, -0.15) is 0 Å². The molecule has 2 aromatic rings. The lowest BCUT2D eigenvalue weighted by Crippen LogP contribution is -2.46. The highest BCUT2D eigenvalue weighted by Gasteiger charge is 2.23. The second-order valence-electron chi connectivity index (χ2n) is 7.66. The first kappa shape index (κ1) is 26.1. The van der Waals surface area contributed by atoms with Gasteiger partial charge in [-0.1, -0.05) is 12.1 Å². The number of morpholine rings is 1. The number of hydrogen-bond acceptors (Lipinski definition) is 6. The van der Waals surface area contributed by atoms with Gasteiger partial charge in [-0.3, -0.25) is 9.89 Å². The second-order valence-corrected chi connectivity index (χ2v) is 7.66. The van der Waals surface area contributed by atoms with E-state index in [1.165, 1.54) is 5.56 Å². The van der Waals surface area contributed by atoms with Gasteiger partial charge in [0.25, 0.3) is 0 Å². The van der Waals surface area contributed by atoms with Crippen molar-refractivity contribution in [2.24, 2.45) is 4.99 Å². The van der Waals surface area contributed by atoms with E-state index in [2.05, 4.69) is 43.7 Å². The summed E-state index contributed by atoms with van der Waals surface area (Å²) in [5, 5.41) is 6.91. The van der Waals surface area contributed by atoms with Crippen molar-refractivity contribution in [3.05, 3.63) is 53.7 Å². The Bertz CT molecular complexity index is 841. The Morgan fingerprint density at radius 2 is 1.91 bits per heavy atom. The standard InChI is InChI=1S/C23H34N6O2.HI/c1-24-23(26-16-18-9-10-25-22(15-18)28(2)3)27-17-21(29-11-13-31-14-12-29)19-5-7-20(30-4)8-6-19;/h5-10,15,21H,11-14,16-17H2,1-4H3,(H2,24,26,27);1H. The molecule has 0 radical (unpaired) electrons. The molecule has 9 heteroatoms. The maximum atomic E-state index is 5.56. The summed E-state index contributed by atoms with van der Waals surface area (Å²) in [6.45, 7) is 4.76. The summed E-state index contributed by atoms with van der Waals surface area (Å²) >= 11 is 0. The van der Waals surface area contributed by atoms with Gasteiger partial charge in [-0.05, 0) is 35.4 Å². The number of aromatic nitrogens is 1. The minimum Gasteiger partial charge on any atom is -0.497 e. The number of aliphatic imine (C=N–C) groups is 1. The van der Waals surface area contributed by atoms with Crippen LogP contribution in [-0.2, 0) is 11.3 Å². The third kappa shape index (κ3) is 7.49. The molecule has 32 heavy (non-hydrogen) atoms. The Kier molecular flexibility index (Phi) is 11.0. The summed E-state index contributed by atoms with van der Waals surface area (Å²) < 4.78 is 10.9. The van der Waals surface area contributed by atoms with Gasteiger partial charge in [-0.15, -0.1) is 24.0 Å². The van der Waals surface area contributed by atoms with E-state index in [0.717, 1.165) is 55.9 Å². The zero-order chi connectivity index (χ0) is 22.1. The zero-order valence-electron chi connectivity index (χ0n) is 19.4. The molecular weight excluding hydrogens is 519 g/mol. The molecule has 0 amide bonds. The van der Waals surface area contributed by atoms with Crippen LogP contribution in [0.3, 0.4) is 0 Å². The number of nitrogens with zero attached hydrogens (tertiary/aromatic N) is 4. The number of methoxy groups -OCH3 is 1. The van der Waals surface area contributed by atoms with Crippen LogP contribution in [0.5, 0.6) is 5.75 Å². The number of guanidine groups is 1. The first-order valence-electron chi connectivity index (χ1n) is 10.6. The molecule has 1 aliphatic rings. The van der Waals surface area contributed by atoms with E-state index in [0.29, 0.717) is 6.54 Å². The molecule has 1 saturated heterocycles. The Morgan fingerprint density at radius 3 is 2.53 bits per heavy atom. The van der Waals surface area contributed by atoms with Crippen LogP contribution in [0.4, 0.5) is 5.82 Å². The smallest absolute Gasteiger partial charge is 0.191 e. The van der Waals surface area contributed by atoms with Crippen molar-refractivity contribution < 1.29 is 9.47 Å². The van der Waals surface area contributed by atoms with Crippen LogP contribution in [0, 0.1) is 0 Å². The Morgan fingerprint density at radius 1 is 1.19 bits per heavy atom. The zero-order valence-corrected chi connectivity index (χ0v) is 21.7. The van der Waals surface area contributed by atoms with Crippen LogP contribution >= 0.6 is 24.0 Å². The van der Waals surface area contributed by atoms with E-state index in [1.807, 2.05) is 43.4 Å². The summed E-state index contributed by atoms with van der Waals surface area (Å²) in [6, 6.07) is 12.6. The molecule has 0 bridgehead atoms. The predicted molar refractivity (Wildman–Crippen MR) is 140 cm³/mol. The van der Waals surface area contributed by atoms with E-state index in [4.69, 9.17) is 9.47 Å². The number of benzene rings is 1. The molecule has 1 fully saturated rings. The van der Waals surface area contributed by atoms with Crippen LogP contribution in [0.2, 0.25) is 0 Å². The van der Waals surface area contributed by atoms with Crippen molar-refractivity contribution in [1.82, 2.24) is 20.5 Å². The monoisotopic (exact) mass is 554 g/mol. The second kappa shape index (κ2) is 13.4. The molecule has 176 valence electrons. The maximum Gasteiger partial charge on any atom is 0.191 e. The third-order valence-electron chi connectivity index (χ3n) is 5.40. The number of nitrogens with one attached hydrogen (secondary N) is 2. The molecule has 0 saturated carbocycles. The van der Waals surface area contributed by atoms with E-state index in [-0.39, 0.29) is 30.0 Å². The Hall–Kier alpha value is -2.11. The average Bonchev–Trinajstić information content (AvgIpc) is 2.82. The van der Waals surface area contributed by atoms with Gasteiger partial charge in [0.15, 0.2) is 5.96 Å². The number of rotatable bonds is 8. The van der Waals surface area contributed by atoms with Crippen LogP contribution in [-0.4, -0.2) is 76.9 Å². The number of hydrogen-bond donors (Lipinski definition) is 2. The van der Waals surface area contributed by atoms with Crippen molar-refractivity contribution in [1.29, 1.82) is 0 Å². The molecule has 3 rings (SSSR count). The van der Waals surface area contributed by atoms with E-state index >= 15 is 0 Å². The summed E-state index contributed by atoms with van der Waals surface area (Å²) in [4.78, 5) is 13.2. The molecule has 8 nitrogen and oxygen atoms in total. The largest absolute Gasteiger partial charge is 0.497 e. The average molecular weight is 554 g/mol. The van der Waals surface area contributed by atoms with Gasteiger partial charge < -0.3 is 25.0 Å². The molecule has 1 aromatic carbocycles. The molecule has 1 aromatic heterocycles. The fourth-order valence-electron chi connectivity index (χ4n) is 3.59. The molecule has 0 spiro atoms. The van der Waals surface area contributed by atoms with Crippen molar-refractivity contribution >= 4 is 35.8 Å². The van der Waals surface area contributed by atoms with E-state index < -0.39 is 0 Å². The number of ether oxygens (including phenoxy) is 2. The molecule has 2 N–H and O–H groups in total. The van der Waals surface area contributed by atoms with Crippen LogP contribution in [0.25, 0.3) is 0 Å². The Labute approximate surface area is 208 Å². The highest BCUT2D eigenvalue weighted by Crippen LogP contribution is 2.23. The quantitative estimate of drug-likeness (QED) is 0.295. The lowest BCUT2D eigenvalue weighted by Gasteiger charge is -2.35. The van der Waals surface area contributed by atoms with Crippen LogP contribution in [0.15, 0.2) is 47.6 Å². The van der Waals surface area contributed by atoms with Gasteiger partial charge in [0, 0.05) is 53.5 Å². The molecular formula is C23H35IN6O2. The summed E-state index contributed by atoms with van der Waals surface area (Å²) in [6.07, 6.45) is 1.83.